The molecule has 9 heteroatoms. The maximum Gasteiger partial charge on any atom is 0.393 e. The van der Waals surface area contributed by atoms with E-state index in [-0.39, 0.29) is 5.56 Å². The van der Waals surface area contributed by atoms with Crippen LogP contribution >= 0.6 is 0 Å². The van der Waals surface area contributed by atoms with Gasteiger partial charge in [0, 0.05) is 11.9 Å². The topological polar surface area (TPSA) is 68.2 Å². The Morgan fingerprint density at radius 3 is 2.82 bits per heavy atom. The van der Waals surface area contributed by atoms with Crippen LogP contribution in [-0.2, 0) is 6.42 Å². The Kier molecular flexibility index (Phi) is 4.98. The Morgan fingerprint density at radius 1 is 1.09 bits per heavy atom. The molecule has 0 aliphatic carbocycles. The van der Waals surface area contributed by atoms with Crippen LogP contribution in [0.25, 0.3) is 16.6 Å². The lowest BCUT2D eigenvalue weighted by Gasteiger charge is -2.09. The van der Waals surface area contributed by atoms with Gasteiger partial charge in [-0.05, 0) is 54.3 Å². The molecule has 33 heavy (non-hydrogen) atoms. The molecule has 3 heterocycles. The van der Waals surface area contributed by atoms with Crippen LogP contribution in [0.15, 0.2) is 65.4 Å². The van der Waals surface area contributed by atoms with Crippen LogP contribution in [0.5, 0.6) is 0 Å². The molecule has 1 N–H and O–H groups in total. The number of benzene rings is 2. The fourth-order valence-electron chi connectivity index (χ4n) is 3.52. The highest BCUT2D eigenvalue weighted by Crippen LogP contribution is 2.30. The summed E-state index contributed by atoms with van der Waals surface area (Å²) >= 11 is 0. The molecule has 5 aromatic rings. The third kappa shape index (κ3) is 4.23. The first-order chi connectivity index (χ1) is 15.9. The van der Waals surface area contributed by atoms with E-state index in [9.17, 15) is 13.2 Å². The SMILES string of the molecule is Cc1ccc2c(Nc3cccc(CC(F)(F)F)c3)noc2c1C#Cc1cnc2cccnn12. The van der Waals surface area contributed by atoms with Gasteiger partial charge in [-0.15, -0.1) is 0 Å². The number of alkyl halides is 3. The van der Waals surface area contributed by atoms with Crippen molar-refractivity contribution in [3.05, 3.63) is 83.3 Å². The predicted octanol–water partition coefficient (Wildman–Crippen LogP) is 5.43. The highest BCUT2D eigenvalue weighted by Gasteiger charge is 2.27. The number of halogens is 3. The van der Waals surface area contributed by atoms with Gasteiger partial charge in [-0.1, -0.05) is 29.3 Å². The van der Waals surface area contributed by atoms with Gasteiger partial charge in [0.1, 0.15) is 5.69 Å². The van der Waals surface area contributed by atoms with Crippen molar-refractivity contribution in [1.82, 2.24) is 19.8 Å². The molecule has 0 fully saturated rings. The number of imidazole rings is 1. The van der Waals surface area contributed by atoms with E-state index in [0.717, 1.165) is 5.56 Å². The van der Waals surface area contributed by atoms with Crippen molar-refractivity contribution in [2.24, 2.45) is 0 Å². The number of hydrogen-bond acceptors (Lipinski definition) is 5. The molecule has 0 unspecified atom stereocenters. The first kappa shape index (κ1) is 20.6. The standard InChI is InChI=1S/C24H16F3N5O/c1-15-7-9-20-22(19(15)10-8-18-14-28-21-6-3-11-29-32(18)21)33-31-23(20)30-17-5-2-4-16(12-17)13-24(25,26)27/h2-7,9,11-12,14H,13H2,1H3,(H,30,31). The zero-order valence-corrected chi connectivity index (χ0v) is 17.3. The molecule has 3 aromatic heterocycles. The molecule has 0 saturated carbocycles. The average molecular weight is 447 g/mol. The normalized spacial score (nSPS) is 11.5. The first-order valence-electron chi connectivity index (χ1n) is 10.00. The number of anilines is 2. The first-order valence-corrected chi connectivity index (χ1v) is 10.00. The molecule has 2 aromatic carbocycles. The van der Waals surface area contributed by atoms with Crippen molar-refractivity contribution in [3.63, 3.8) is 0 Å². The van der Waals surface area contributed by atoms with Crippen molar-refractivity contribution in [2.75, 3.05) is 5.32 Å². The van der Waals surface area contributed by atoms with Crippen LogP contribution in [0, 0.1) is 18.8 Å². The average Bonchev–Trinajstić information content (AvgIpc) is 3.36. The van der Waals surface area contributed by atoms with Crippen LogP contribution < -0.4 is 5.32 Å². The van der Waals surface area contributed by atoms with Crippen molar-refractivity contribution < 1.29 is 17.7 Å². The second kappa shape index (κ2) is 7.98. The minimum Gasteiger partial charge on any atom is -0.353 e. The van der Waals surface area contributed by atoms with Gasteiger partial charge in [-0.2, -0.15) is 18.3 Å². The smallest absolute Gasteiger partial charge is 0.353 e. The van der Waals surface area contributed by atoms with Crippen molar-refractivity contribution in [2.45, 2.75) is 19.5 Å². The van der Waals surface area contributed by atoms with Crippen LogP contribution in [0.1, 0.15) is 22.4 Å². The summed E-state index contributed by atoms with van der Waals surface area (Å²) in [7, 11) is 0. The Morgan fingerprint density at radius 2 is 1.97 bits per heavy atom. The Labute approximate surface area is 186 Å². The quantitative estimate of drug-likeness (QED) is 0.374. The van der Waals surface area contributed by atoms with Crippen LogP contribution in [0.4, 0.5) is 24.7 Å². The number of aryl methyl sites for hydroxylation is 1. The highest BCUT2D eigenvalue weighted by molar-refractivity contribution is 5.94. The molecule has 5 rings (SSSR count). The van der Waals surface area contributed by atoms with E-state index in [1.54, 1.807) is 35.1 Å². The molecule has 6 nitrogen and oxygen atoms in total. The summed E-state index contributed by atoms with van der Waals surface area (Å²) in [5.41, 5.74) is 3.99. The van der Waals surface area contributed by atoms with E-state index >= 15 is 0 Å². The van der Waals surface area contributed by atoms with Gasteiger partial charge in [-0.3, -0.25) is 0 Å². The fraction of sp³-hybridized carbons (Fsp3) is 0.125. The molecule has 0 radical (unpaired) electrons. The molecule has 164 valence electrons. The maximum atomic E-state index is 12.7. The maximum absolute atomic E-state index is 12.7. The van der Waals surface area contributed by atoms with Gasteiger partial charge in [0.25, 0.3) is 0 Å². The molecular weight excluding hydrogens is 431 g/mol. The van der Waals surface area contributed by atoms with Gasteiger partial charge >= 0.3 is 6.18 Å². The molecular formula is C24H16F3N5O. The van der Waals surface area contributed by atoms with Crippen LogP contribution in [0.3, 0.4) is 0 Å². The Hall–Kier alpha value is -4.32. The largest absolute Gasteiger partial charge is 0.393 e. The lowest BCUT2D eigenvalue weighted by atomic mass is 10.1. The second-order valence-corrected chi connectivity index (χ2v) is 7.47. The zero-order valence-electron chi connectivity index (χ0n) is 17.3. The molecule has 0 saturated heterocycles. The third-order valence-electron chi connectivity index (χ3n) is 5.04. The number of fused-ring (bicyclic) bond motifs is 2. The molecule has 0 amide bonds. The summed E-state index contributed by atoms with van der Waals surface area (Å²) in [6.45, 7) is 1.91. The molecule has 0 atom stereocenters. The van der Waals surface area contributed by atoms with Crippen molar-refractivity contribution in [1.29, 1.82) is 0 Å². The van der Waals surface area contributed by atoms with Crippen molar-refractivity contribution in [3.8, 4) is 11.8 Å². The van der Waals surface area contributed by atoms with E-state index in [2.05, 4.69) is 32.4 Å². The number of hydrogen-bond donors (Lipinski definition) is 1. The van der Waals surface area contributed by atoms with Crippen LogP contribution in [-0.4, -0.2) is 25.9 Å². The monoisotopic (exact) mass is 447 g/mol. The van der Waals surface area contributed by atoms with Gasteiger partial charge in [-0.25, -0.2) is 9.50 Å². The fourth-order valence-corrected chi connectivity index (χ4v) is 3.52. The lowest BCUT2D eigenvalue weighted by molar-refractivity contribution is -0.127. The highest BCUT2D eigenvalue weighted by atomic mass is 19.4. The summed E-state index contributed by atoms with van der Waals surface area (Å²) < 4.78 is 45.4. The van der Waals surface area contributed by atoms with Crippen molar-refractivity contribution >= 4 is 28.1 Å². The van der Waals surface area contributed by atoms with Gasteiger partial charge in [0.2, 0.25) is 0 Å². The minimum atomic E-state index is -4.28. The Balaban J connectivity index is 1.49. The summed E-state index contributed by atoms with van der Waals surface area (Å²) in [4.78, 5) is 4.28. The van der Waals surface area contributed by atoms with E-state index in [1.807, 2.05) is 25.1 Å². The molecule has 0 aliphatic rings. The predicted molar refractivity (Wildman–Crippen MR) is 117 cm³/mol. The number of nitrogens with one attached hydrogen (secondary N) is 1. The van der Waals surface area contributed by atoms with E-state index in [1.165, 1.54) is 12.1 Å². The van der Waals surface area contributed by atoms with E-state index in [4.69, 9.17) is 4.52 Å². The van der Waals surface area contributed by atoms with Crippen LogP contribution in [0.2, 0.25) is 0 Å². The van der Waals surface area contributed by atoms with E-state index < -0.39 is 12.6 Å². The summed E-state index contributed by atoms with van der Waals surface area (Å²) in [6.07, 6.45) is -1.98. The molecule has 0 aliphatic heterocycles. The molecule has 0 spiro atoms. The number of rotatable bonds is 3. The summed E-state index contributed by atoms with van der Waals surface area (Å²) in [5.74, 6) is 6.60. The third-order valence-corrected chi connectivity index (χ3v) is 5.04. The van der Waals surface area contributed by atoms with E-state index in [0.29, 0.717) is 39.4 Å². The van der Waals surface area contributed by atoms with Gasteiger partial charge < -0.3 is 9.84 Å². The summed E-state index contributed by atoms with van der Waals surface area (Å²) in [6, 6.07) is 13.5. The number of nitrogens with zero attached hydrogens (tertiary/aromatic N) is 4. The van der Waals surface area contributed by atoms with Gasteiger partial charge in [0.15, 0.2) is 17.0 Å². The minimum absolute atomic E-state index is 0.157. The summed E-state index contributed by atoms with van der Waals surface area (Å²) in [5, 5.41) is 12.1. The number of aromatic nitrogens is 4. The van der Waals surface area contributed by atoms with Gasteiger partial charge in [0.05, 0.1) is 23.6 Å². The Bertz CT molecular complexity index is 1540. The lowest BCUT2D eigenvalue weighted by Crippen LogP contribution is -2.11. The zero-order chi connectivity index (χ0) is 23.0. The second-order valence-electron chi connectivity index (χ2n) is 7.47. The molecule has 0 bridgehead atoms.